The predicted molar refractivity (Wildman–Crippen MR) is 524 cm³/mol. The molecule has 12 aromatic rings. The molecule has 3 aliphatic heterocycles. The molecule has 143 heavy (non-hydrogen) atoms. The molecule has 13 heterocycles. The summed E-state index contributed by atoms with van der Waals surface area (Å²) in [6, 6.07) is 14.6. The van der Waals surface area contributed by atoms with Crippen molar-refractivity contribution in [3.63, 3.8) is 0 Å². The molecule has 2 amide bonds. The molecular weight excluding hydrogens is 1920 g/mol. The van der Waals surface area contributed by atoms with Crippen LogP contribution in [0.15, 0.2) is 104 Å². The van der Waals surface area contributed by atoms with Crippen molar-refractivity contribution >= 4 is 127 Å². The summed E-state index contributed by atoms with van der Waals surface area (Å²) in [7, 11) is 4.21. The second kappa shape index (κ2) is 45.0. The van der Waals surface area contributed by atoms with Crippen LogP contribution in [-0.4, -0.2) is 243 Å². The molecule has 51 heteroatoms. The number of esters is 2. The molecule has 10 aromatic heterocycles. The Morgan fingerprint density at radius 3 is 1.38 bits per heavy atom. The van der Waals surface area contributed by atoms with E-state index in [1.165, 1.54) is 33.8 Å². The van der Waals surface area contributed by atoms with Crippen molar-refractivity contribution in [2.45, 2.75) is 180 Å². The molecule has 0 bridgehead atoms. The van der Waals surface area contributed by atoms with E-state index in [1.807, 2.05) is 74.1 Å². The van der Waals surface area contributed by atoms with Gasteiger partial charge in [0.2, 0.25) is 17.8 Å². The van der Waals surface area contributed by atoms with Gasteiger partial charge < -0.3 is 67.7 Å². The van der Waals surface area contributed by atoms with Crippen LogP contribution in [0.25, 0.3) is 67.2 Å². The lowest BCUT2D eigenvalue weighted by Gasteiger charge is -2.36. The Kier molecular flexibility index (Phi) is 34.0. The number of piperazine rings is 3. The maximum Gasteiger partial charge on any atom is 0.490 e. The Bertz CT molecular complexity index is 7600. The van der Waals surface area contributed by atoms with E-state index in [9.17, 15) is 75.5 Å². The smallest absolute Gasteiger partial charge is 0.475 e. The standard InChI is InChI=1S/C26H33ClN6O6.C19H21ClN6O2.C19H26N6O4.C16H20N4O4.C10H10N4O2.C2HF3O2/c1-25(2,3)21(35)38-15-32-20(34)18-19(29-23(32)36)28-22(33(18)17-10-8-7-9-16(17)27)30-11-13-31(14-12-30)24(37)39-26(4,5)6;20-13-6-1-2-7-14(13)26-15-16(23-19(26)25-10-8-21-9-11-25)22-18(24-17(15)27)28-12-4-3-5-12;1-6-7-8-25-13-14(21-17(27)22(5)15(13)26)20-16(25)23-9-11-24(12-10-23)18(28)29-19(2,3)4;1-6-7-8-19-9-17-12-11(19)13(21)18(5)15(23)20(12)10-24-14(22)16(2,3)4;1-3-4-5-14-6-11-8-7(14)9(15)13(2)10(16)12-8;3-2(4,5)1(6)7/h7-10H,11-15H2,1-6H3,(H,29,36);1-2,6-7,12,21H,3-5,8-11H2,(H,22,24,27);8-12H2,1-5H3,(H,21,27);9H,8,10H2,1-5H3;6H,5H2,1-2H3,(H,12,16);(H,6,7). The van der Waals surface area contributed by atoms with E-state index in [0.717, 1.165) is 68.3 Å². The van der Waals surface area contributed by atoms with Crippen molar-refractivity contribution in [3.05, 3.63) is 165 Å². The molecule has 3 saturated heterocycles. The minimum absolute atomic E-state index is 0.0629. The lowest BCUT2D eigenvalue weighted by atomic mass is 9.96. The average molecular weight is 2030 g/mol. The number of anilines is 3. The summed E-state index contributed by atoms with van der Waals surface area (Å²) < 4.78 is 72.2. The maximum atomic E-state index is 13.6. The van der Waals surface area contributed by atoms with Crippen molar-refractivity contribution in [2.24, 2.45) is 32.0 Å². The van der Waals surface area contributed by atoms with Crippen molar-refractivity contribution < 1.29 is 65.9 Å². The van der Waals surface area contributed by atoms with Crippen LogP contribution in [0.5, 0.6) is 6.01 Å². The number of nitrogens with zero attached hydrogens (tertiary/aromatic N) is 21. The van der Waals surface area contributed by atoms with Gasteiger partial charge in [-0.1, -0.05) is 65.2 Å². The molecule has 0 radical (unpaired) electrons. The number of ether oxygens (including phenoxy) is 5. The molecule has 1 aliphatic carbocycles. The Morgan fingerprint density at radius 1 is 0.476 bits per heavy atom. The van der Waals surface area contributed by atoms with Gasteiger partial charge in [-0.05, 0) is 147 Å². The molecule has 4 fully saturated rings. The summed E-state index contributed by atoms with van der Waals surface area (Å²) in [6.45, 7) is 33.1. The third kappa shape index (κ3) is 25.7. The third-order valence-electron chi connectivity index (χ3n) is 21.9. The molecule has 0 spiro atoms. The number of amides is 2. The second-order valence-electron chi connectivity index (χ2n) is 36.8. The van der Waals surface area contributed by atoms with Crippen LogP contribution in [0.4, 0.5) is 40.6 Å². The fourth-order valence-corrected chi connectivity index (χ4v) is 14.7. The molecule has 2 aromatic carbocycles. The summed E-state index contributed by atoms with van der Waals surface area (Å²) in [5.41, 5.74) is -3.57. The summed E-state index contributed by atoms with van der Waals surface area (Å²) in [5.74, 6) is 14.8. The average Bonchev–Trinajstić information content (AvgIpc) is 1.58. The fourth-order valence-electron chi connectivity index (χ4n) is 14.2. The topological polar surface area (TPSA) is 523 Å². The van der Waals surface area contributed by atoms with Crippen LogP contribution >= 0.6 is 23.2 Å². The Balaban J connectivity index is 0.000000171. The van der Waals surface area contributed by atoms with E-state index in [1.54, 1.807) is 121 Å². The van der Waals surface area contributed by atoms with Crippen LogP contribution in [-0.2, 0) is 87.6 Å². The lowest BCUT2D eigenvalue weighted by molar-refractivity contribution is -0.192. The number of para-hydroxylation sites is 2. The van der Waals surface area contributed by atoms with Crippen LogP contribution in [0, 0.1) is 46.4 Å². The molecular formula is C92H111Cl2F3N26O20. The van der Waals surface area contributed by atoms with Crippen LogP contribution in [0.2, 0.25) is 10.0 Å². The Morgan fingerprint density at radius 2 is 0.902 bits per heavy atom. The monoisotopic (exact) mass is 2030 g/mol. The highest BCUT2D eigenvalue weighted by atomic mass is 35.5. The van der Waals surface area contributed by atoms with E-state index in [4.69, 9.17) is 61.8 Å². The van der Waals surface area contributed by atoms with Crippen LogP contribution < -0.4 is 75.3 Å². The number of aromatic amines is 4. The zero-order valence-corrected chi connectivity index (χ0v) is 83.5. The van der Waals surface area contributed by atoms with E-state index < -0.39 is 98.4 Å². The molecule has 0 atom stereocenters. The van der Waals surface area contributed by atoms with Gasteiger partial charge in [0.1, 0.15) is 17.3 Å². The van der Waals surface area contributed by atoms with Gasteiger partial charge in [0.25, 0.3) is 33.8 Å². The Hall–Kier alpha value is -15.5. The quantitative estimate of drug-likeness (QED) is 0.0396. The number of hydrogen-bond acceptors (Lipinski definition) is 29. The number of alkyl halides is 3. The third-order valence-corrected chi connectivity index (χ3v) is 22.6. The highest BCUT2D eigenvalue weighted by Gasteiger charge is 2.39. The van der Waals surface area contributed by atoms with Crippen molar-refractivity contribution in [1.82, 2.24) is 111 Å². The lowest BCUT2D eigenvalue weighted by Crippen LogP contribution is -2.50. The largest absolute Gasteiger partial charge is 0.490 e. The second-order valence-corrected chi connectivity index (χ2v) is 37.6. The molecule has 16 rings (SSSR count). The SMILES string of the molecule is CC#CCn1c(N2CCN(C(=O)OC(C)(C)C)CC2)nc2[nH]c(=O)n(C)c(=O)c21.CC#CCn1cnc2[nH]c(=O)n(C)c(=O)c21.CC#CCn1cnc2c1c(=O)n(C)c(=O)n2COC(=O)C(C)(C)C.CC(C)(C)OC(=O)N1CCN(c2nc3[nH]c(=O)n(COC(=O)C(C)(C)C)c(=O)c3n2-c2ccccc2Cl)CC1.O=C(O)C(F)(F)F.O=c1[nH]c(OC2CCC2)nc2nc(N3CCNCC3)n(-c3ccccc3Cl)c12. The first-order valence-electron chi connectivity index (χ1n) is 45.0. The number of rotatable bonds is 14. The minimum Gasteiger partial charge on any atom is -0.475 e. The summed E-state index contributed by atoms with van der Waals surface area (Å²) >= 11 is 13.0. The van der Waals surface area contributed by atoms with Crippen LogP contribution in [0.3, 0.4) is 0 Å². The normalized spacial score (nSPS) is 14.0. The molecule has 764 valence electrons. The van der Waals surface area contributed by atoms with E-state index in [2.05, 4.69) is 90.6 Å². The number of aromatic nitrogens is 20. The number of H-pyrrole nitrogens is 4. The molecule has 4 aliphatic rings. The van der Waals surface area contributed by atoms with Crippen molar-refractivity contribution in [3.8, 4) is 52.9 Å². The van der Waals surface area contributed by atoms with Gasteiger partial charge in [-0.15, -0.1) is 17.8 Å². The first-order chi connectivity index (χ1) is 67.3. The van der Waals surface area contributed by atoms with Gasteiger partial charge in [-0.3, -0.25) is 80.9 Å². The highest BCUT2D eigenvalue weighted by molar-refractivity contribution is 6.33. The first-order valence-corrected chi connectivity index (χ1v) is 45.7. The van der Waals surface area contributed by atoms with Gasteiger partial charge >= 0.3 is 59.0 Å². The van der Waals surface area contributed by atoms with Crippen molar-refractivity contribution in [2.75, 3.05) is 93.2 Å². The number of aliphatic carboxylic acids is 1. The first kappa shape index (κ1) is 108. The number of carbonyl (C=O) groups excluding carboxylic acids is 4. The minimum atomic E-state index is -5.08. The number of carboxylic acids is 1. The zero-order chi connectivity index (χ0) is 105. The molecule has 46 nitrogen and oxygen atoms in total. The van der Waals surface area contributed by atoms with Gasteiger partial charge in [0.05, 0.1) is 64.5 Å². The summed E-state index contributed by atoms with van der Waals surface area (Å²) in [6.07, 6.45) is 0.345. The fraction of sp³-hybridized carbons (Fsp3) is 0.478. The van der Waals surface area contributed by atoms with Gasteiger partial charge in [-0.2, -0.15) is 33.1 Å². The number of nitrogens with one attached hydrogen (secondary N) is 5. The number of benzene rings is 2. The zero-order valence-electron chi connectivity index (χ0n) is 82.0. The number of hydrogen-bond donors (Lipinski definition) is 6. The molecule has 0 unspecified atom stereocenters. The van der Waals surface area contributed by atoms with E-state index >= 15 is 0 Å². The summed E-state index contributed by atoms with van der Waals surface area (Å²) in [5, 5.41) is 11.4. The van der Waals surface area contributed by atoms with Gasteiger partial charge in [-0.25, -0.2) is 52.7 Å². The van der Waals surface area contributed by atoms with E-state index in [-0.39, 0.29) is 77.1 Å². The van der Waals surface area contributed by atoms with E-state index in [0.29, 0.717) is 126 Å². The molecule has 6 N–H and O–H groups in total. The molecule has 1 saturated carbocycles. The predicted octanol–water partition coefficient (Wildman–Crippen LogP) is 6.29. The number of carbonyl (C=O) groups is 5. The number of fused-ring (bicyclic) bond motifs is 5. The number of carboxylic acid groups (broad SMARTS) is 1. The van der Waals surface area contributed by atoms with Crippen LogP contribution in [0.1, 0.15) is 123 Å². The van der Waals surface area contributed by atoms with Crippen molar-refractivity contribution in [1.29, 1.82) is 0 Å². The number of halogens is 5. The van der Waals surface area contributed by atoms with Gasteiger partial charge in [0, 0.05) is 99.7 Å². The maximum absolute atomic E-state index is 13.6. The summed E-state index contributed by atoms with van der Waals surface area (Å²) in [4.78, 5) is 216. The number of imidazole rings is 5. The Labute approximate surface area is 822 Å². The van der Waals surface area contributed by atoms with Gasteiger partial charge in [0.15, 0.2) is 69.3 Å². The highest BCUT2D eigenvalue weighted by Crippen LogP contribution is 2.34.